The fourth-order valence-electron chi connectivity index (χ4n) is 3.38. The number of aryl methyl sites for hydroxylation is 1. The number of methoxy groups -OCH3 is 1. The first-order chi connectivity index (χ1) is 10.3. The average molecular weight is 290 g/mol. The quantitative estimate of drug-likeness (QED) is 0.834. The molecule has 0 N–H and O–H groups in total. The zero-order valence-electron chi connectivity index (χ0n) is 13.2. The molecule has 0 aromatic carbocycles. The maximum Gasteiger partial charge on any atom is 0.0710 e. The van der Waals surface area contributed by atoms with E-state index in [-0.39, 0.29) is 0 Å². The molecule has 2 atom stereocenters. The van der Waals surface area contributed by atoms with Gasteiger partial charge in [0.1, 0.15) is 0 Å². The summed E-state index contributed by atoms with van der Waals surface area (Å²) in [6.07, 6.45) is 3.64. The molecule has 1 aromatic heterocycles. The van der Waals surface area contributed by atoms with E-state index in [0.717, 1.165) is 52.1 Å². The van der Waals surface area contributed by atoms with Crippen LogP contribution in [0, 0.1) is 0 Å². The third-order valence-electron chi connectivity index (χ3n) is 4.73. The van der Waals surface area contributed by atoms with Gasteiger partial charge in [-0.2, -0.15) is 0 Å². The van der Waals surface area contributed by atoms with Crippen LogP contribution in [0.3, 0.4) is 0 Å². The highest BCUT2D eigenvalue weighted by atomic mass is 16.5. The molecular weight excluding hydrogens is 264 g/mol. The van der Waals surface area contributed by atoms with E-state index in [1.165, 1.54) is 17.0 Å². The summed E-state index contributed by atoms with van der Waals surface area (Å²) in [5.74, 6) is 0.527. The summed E-state index contributed by atoms with van der Waals surface area (Å²) in [5, 5.41) is 0. The van der Waals surface area contributed by atoms with Gasteiger partial charge < -0.3 is 9.47 Å². The zero-order valence-corrected chi connectivity index (χ0v) is 13.2. The van der Waals surface area contributed by atoms with E-state index in [4.69, 9.17) is 14.5 Å². The van der Waals surface area contributed by atoms with Gasteiger partial charge in [0.25, 0.3) is 0 Å². The Morgan fingerprint density at radius 2 is 2.29 bits per heavy atom. The topological polar surface area (TPSA) is 34.6 Å². The van der Waals surface area contributed by atoms with Crippen molar-refractivity contribution in [1.29, 1.82) is 0 Å². The molecule has 0 aliphatic carbocycles. The first-order valence-corrected chi connectivity index (χ1v) is 8.11. The highest BCUT2D eigenvalue weighted by Gasteiger charge is 2.26. The lowest BCUT2D eigenvalue weighted by atomic mass is 9.96. The van der Waals surface area contributed by atoms with Crippen LogP contribution in [-0.4, -0.2) is 49.4 Å². The van der Waals surface area contributed by atoms with Crippen LogP contribution >= 0.6 is 0 Å². The minimum Gasteiger partial charge on any atom is -0.381 e. The molecule has 2 aliphatic heterocycles. The molecule has 2 saturated heterocycles. The second kappa shape index (κ2) is 6.86. The average Bonchev–Trinajstić information content (AvgIpc) is 3.18. The lowest BCUT2D eigenvalue weighted by Gasteiger charge is -2.20. The molecule has 1 aromatic rings. The van der Waals surface area contributed by atoms with Gasteiger partial charge in [-0.25, -0.2) is 0 Å². The van der Waals surface area contributed by atoms with Crippen LogP contribution in [0.25, 0.3) is 0 Å². The number of pyridine rings is 1. The Morgan fingerprint density at radius 1 is 1.38 bits per heavy atom. The van der Waals surface area contributed by atoms with E-state index in [0.29, 0.717) is 12.0 Å². The Hall–Kier alpha value is -0.970. The molecule has 0 saturated carbocycles. The first kappa shape index (κ1) is 14.9. The summed E-state index contributed by atoms with van der Waals surface area (Å²) in [6.45, 7) is 6.98. The van der Waals surface area contributed by atoms with E-state index >= 15 is 0 Å². The third kappa shape index (κ3) is 3.44. The molecule has 0 unspecified atom stereocenters. The Bertz CT molecular complexity index is 472. The molecule has 0 bridgehead atoms. The van der Waals surface area contributed by atoms with Crippen molar-refractivity contribution in [3.63, 3.8) is 0 Å². The molecule has 0 radical (unpaired) electrons. The van der Waals surface area contributed by atoms with Crippen molar-refractivity contribution in [2.45, 2.75) is 44.8 Å². The van der Waals surface area contributed by atoms with Crippen molar-refractivity contribution < 1.29 is 9.47 Å². The predicted molar refractivity (Wildman–Crippen MR) is 82.5 cm³/mol. The lowest BCUT2D eigenvalue weighted by Crippen LogP contribution is -2.24. The molecule has 2 aliphatic rings. The van der Waals surface area contributed by atoms with Crippen LogP contribution in [-0.2, 0) is 22.4 Å². The van der Waals surface area contributed by atoms with Crippen molar-refractivity contribution in [2.75, 3.05) is 33.4 Å². The van der Waals surface area contributed by atoms with Crippen LogP contribution in [0.4, 0.5) is 0 Å². The molecule has 3 rings (SSSR count). The fraction of sp³-hybridized carbons (Fsp3) is 0.706. The van der Waals surface area contributed by atoms with E-state index in [2.05, 4.69) is 24.0 Å². The number of likely N-dealkylation sites (tertiary alicyclic amines) is 1. The van der Waals surface area contributed by atoms with Crippen molar-refractivity contribution in [3.05, 3.63) is 29.1 Å². The van der Waals surface area contributed by atoms with Crippen molar-refractivity contribution >= 4 is 0 Å². The summed E-state index contributed by atoms with van der Waals surface area (Å²) in [4.78, 5) is 7.38. The summed E-state index contributed by atoms with van der Waals surface area (Å²) >= 11 is 0. The highest BCUT2D eigenvalue weighted by Crippen LogP contribution is 2.29. The van der Waals surface area contributed by atoms with Gasteiger partial charge in [0, 0.05) is 45.0 Å². The Kier molecular flexibility index (Phi) is 4.88. The maximum absolute atomic E-state index is 5.57. The molecule has 0 spiro atoms. The van der Waals surface area contributed by atoms with E-state index < -0.39 is 0 Å². The summed E-state index contributed by atoms with van der Waals surface area (Å²) < 4.78 is 11.0. The second-order valence-corrected chi connectivity index (χ2v) is 6.13. The van der Waals surface area contributed by atoms with Gasteiger partial charge in [-0.05, 0) is 30.9 Å². The fourth-order valence-corrected chi connectivity index (χ4v) is 3.38. The first-order valence-electron chi connectivity index (χ1n) is 8.11. The largest absolute Gasteiger partial charge is 0.381 e. The number of hydrogen-bond acceptors (Lipinski definition) is 4. The van der Waals surface area contributed by atoms with Gasteiger partial charge in [-0.15, -0.1) is 0 Å². The van der Waals surface area contributed by atoms with Gasteiger partial charge in [-0.3, -0.25) is 9.88 Å². The molecule has 21 heavy (non-hydrogen) atoms. The minimum atomic E-state index is 0.387. The monoisotopic (exact) mass is 290 g/mol. The summed E-state index contributed by atoms with van der Waals surface area (Å²) in [5.41, 5.74) is 3.84. The van der Waals surface area contributed by atoms with Gasteiger partial charge in [-0.1, -0.05) is 13.0 Å². The van der Waals surface area contributed by atoms with Gasteiger partial charge in [0.05, 0.1) is 18.4 Å². The number of nitrogens with zero attached hydrogens (tertiary/aromatic N) is 2. The van der Waals surface area contributed by atoms with Gasteiger partial charge in [0.2, 0.25) is 0 Å². The van der Waals surface area contributed by atoms with Crippen LogP contribution in [0.2, 0.25) is 0 Å². The van der Waals surface area contributed by atoms with E-state index in [1.807, 2.05) is 7.11 Å². The lowest BCUT2D eigenvalue weighted by molar-refractivity contribution is 0.107. The van der Waals surface area contributed by atoms with E-state index in [9.17, 15) is 0 Å². The Labute approximate surface area is 127 Å². The smallest absolute Gasteiger partial charge is 0.0710 e. The molecule has 116 valence electrons. The Morgan fingerprint density at radius 3 is 2.95 bits per heavy atom. The molecule has 4 heteroatoms. The van der Waals surface area contributed by atoms with Crippen molar-refractivity contribution in [1.82, 2.24) is 9.88 Å². The van der Waals surface area contributed by atoms with Gasteiger partial charge >= 0.3 is 0 Å². The van der Waals surface area contributed by atoms with Crippen LogP contribution in [0.5, 0.6) is 0 Å². The number of rotatable bonds is 5. The predicted octanol–water partition coefficient (Wildman–Crippen LogP) is 2.37. The Balaban J connectivity index is 1.77. The summed E-state index contributed by atoms with van der Waals surface area (Å²) in [6, 6.07) is 4.46. The van der Waals surface area contributed by atoms with Crippen LogP contribution in [0.15, 0.2) is 12.1 Å². The number of hydrogen-bond donors (Lipinski definition) is 0. The van der Waals surface area contributed by atoms with Crippen LogP contribution in [0.1, 0.15) is 42.6 Å². The van der Waals surface area contributed by atoms with Gasteiger partial charge in [0.15, 0.2) is 0 Å². The normalized spacial score (nSPS) is 26.6. The molecular formula is C17H26N2O2. The maximum atomic E-state index is 5.57. The zero-order chi connectivity index (χ0) is 14.7. The number of aromatic nitrogens is 1. The van der Waals surface area contributed by atoms with Crippen molar-refractivity contribution in [3.8, 4) is 0 Å². The second-order valence-electron chi connectivity index (χ2n) is 6.13. The molecule has 4 nitrogen and oxygen atoms in total. The highest BCUT2D eigenvalue weighted by molar-refractivity contribution is 5.28. The third-order valence-corrected chi connectivity index (χ3v) is 4.73. The molecule has 2 fully saturated rings. The van der Waals surface area contributed by atoms with Crippen LogP contribution < -0.4 is 0 Å². The number of ether oxygens (including phenoxy) is 2. The summed E-state index contributed by atoms with van der Waals surface area (Å²) in [7, 11) is 1.81. The molecule has 3 heterocycles. The minimum absolute atomic E-state index is 0.387. The van der Waals surface area contributed by atoms with E-state index in [1.54, 1.807) is 0 Å². The standard InChI is InChI=1S/C17H26N2O2/c1-3-14-4-5-16(13-7-9-21-12-13)17(18-14)11-19-8-6-15(10-19)20-2/h4-5,13,15H,3,6-12H2,1-2H3/t13-,15-/m1/s1. The molecule has 0 amide bonds. The van der Waals surface area contributed by atoms with Crippen molar-refractivity contribution in [2.24, 2.45) is 0 Å². The SMILES string of the molecule is CCc1ccc([C@@H]2CCOC2)c(CN2CC[C@@H](OC)C2)n1.